The molecular weight excluding hydrogens is 1060 g/mol. The van der Waals surface area contributed by atoms with Gasteiger partial charge in [-0.1, -0.05) is 312 Å². The van der Waals surface area contributed by atoms with Crippen molar-refractivity contribution in [1.82, 2.24) is 40.7 Å². The Kier molecular flexibility index (Phi) is 56.4. The Labute approximate surface area is 502 Å². The maximum Gasteiger partial charge on any atom is 0.215 e. The van der Waals surface area contributed by atoms with Crippen LogP contribution in [-0.4, -0.2) is 52.4 Å². The van der Waals surface area contributed by atoms with Gasteiger partial charge in [-0.05, 0) is 51.4 Å². The van der Waals surface area contributed by atoms with Crippen LogP contribution in [0.5, 0.6) is 0 Å². The third kappa shape index (κ3) is 43.3. The van der Waals surface area contributed by atoms with E-state index in [4.69, 9.17) is 18.1 Å². The van der Waals surface area contributed by atoms with Gasteiger partial charge in [-0.3, -0.25) is 40.7 Å². The van der Waals surface area contributed by atoms with Gasteiger partial charge in [-0.2, -0.15) is 18.1 Å². The van der Waals surface area contributed by atoms with Crippen LogP contribution in [0.2, 0.25) is 0 Å². The van der Waals surface area contributed by atoms with Gasteiger partial charge in [0.1, 0.15) is 0 Å². The molecule has 0 aromatic carbocycles. The van der Waals surface area contributed by atoms with Crippen molar-refractivity contribution in [3.05, 3.63) is 0 Å². The predicted octanol–water partition coefficient (Wildman–Crippen LogP) is 23.4. The van der Waals surface area contributed by atoms with Crippen molar-refractivity contribution >= 4 is 30.0 Å². The van der Waals surface area contributed by atoms with E-state index < -0.39 is 30.0 Å². The number of rotatable bonds is 64. The molecule has 1 aliphatic heterocycles. The summed E-state index contributed by atoms with van der Waals surface area (Å²) in [7, 11) is -11.5. The van der Waals surface area contributed by atoms with Gasteiger partial charge < -0.3 is 0 Å². The molecule has 12 nitrogen and oxygen atoms in total. The summed E-state index contributed by atoms with van der Waals surface area (Å²) in [4.78, 5) is 0. The molecule has 1 rings (SSSR count). The van der Waals surface area contributed by atoms with E-state index in [2.05, 4.69) is 96.1 Å². The lowest BCUT2D eigenvalue weighted by Gasteiger charge is -2.38. The first-order valence-corrected chi connectivity index (χ1v) is 42.7. The summed E-state index contributed by atoms with van der Waals surface area (Å²) in [5.74, 6) is 0. The monoisotopic (exact) mass is 1210 g/mol. The van der Waals surface area contributed by atoms with E-state index in [1.165, 1.54) is 257 Å². The molecule has 480 valence electrons. The fourth-order valence-corrected chi connectivity index (χ4v) is 26.8. The fourth-order valence-electron chi connectivity index (χ4n) is 10.7. The summed E-state index contributed by atoms with van der Waals surface area (Å²) in [6.07, 6.45) is 60.6. The lowest BCUT2D eigenvalue weighted by molar-refractivity contribution is 0.595. The first-order chi connectivity index (χ1) is 39.3. The van der Waals surface area contributed by atoms with Crippen LogP contribution in [0.25, 0.3) is 0 Å². The van der Waals surface area contributed by atoms with Gasteiger partial charge in [0, 0.05) is 52.4 Å². The van der Waals surface area contributed by atoms with Gasteiger partial charge in [-0.25, -0.2) is 0 Å². The van der Waals surface area contributed by atoms with E-state index in [-0.39, 0.29) is 0 Å². The summed E-state index contributed by atoms with van der Waals surface area (Å²) in [5, 5.41) is 34.5. The molecule has 0 fully saturated rings. The Morgan fingerprint density at radius 1 is 0.150 bits per heavy atom. The van der Waals surface area contributed by atoms with E-state index in [0.29, 0.717) is 0 Å². The summed E-state index contributed by atoms with van der Waals surface area (Å²) in [6.45, 7) is 25.8. The van der Waals surface area contributed by atoms with Crippen molar-refractivity contribution in [2.45, 2.75) is 364 Å². The summed E-state index contributed by atoms with van der Waals surface area (Å²) < 4.78 is 25.9. The number of hydrogen-bond acceptors (Lipinski definition) is 12. The highest BCUT2D eigenvalue weighted by Gasteiger charge is 2.37. The van der Waals surface area contributed by atoms with Gasteiger partial charge in [0.15, 0.2) is 0 Å². The second-order valence-electron chi connectivity index (χ2n) is 24.2. The van der Waals surface area contributed by atoms with Crippen LogP contribution in [0.1, 0.15) is 364 Å². The minimum atomic E-state index is -2.89. The fraction of sp³-hybridized carbons (Fsp3) is 1.00. The Morgan fingerprint density at radius 3 is 0.362 bits per heavy atom. The topological polar surface area (TPSA) is 146 Å². The lowest BCUT2D eigenvalue weighted by Crippen LogP contribution is -2.32. The molecule has 0 saturated carbocycles. The van der Waals surface area contributed by atoms with Gasteiger partial charge >= 0.3 is 0 Å². The third-order valence-electron chi connectivity index (χ3n) is 15.9. The molecule has 0 atom stereocenters. The second kappa shape index (κ2) is 57.4. The molecule has 0 aliphatic carbocycles. The summed E-state index contributed by atoms with van der Waals surface area (Å²) in [5.41, 5.74) is 0. The van der Waals surface area contributed by atoms with Gasteiger partial charge in [0.2, 0.25) is 30.0 Å². The average Bonchev–Trinajstić information content (AvgIpc) is 3.45. The normalized spacial score (nSPS) is 15.5. The zero-order valence-electron chi connectivity index (χ0n) is 55.2. The maximum absolute atomic E-state index is 6.47. The average molecular weight is 1210 g/mol. The van der Waals surface area contributed by atoms with Crippen LogP contribution >= 0.6 is 30.0 Å². The van der Waals surface area contributed by atoms with Crippen molar-refractivity contribution in [1.29, 1.82) is 0 Å². The molecule has 0 saturated heterocycles. The molecule has 16 heteroatoms. The molecule has 0 aromatic heterocycles. The third-order valence-corrected chi connectivity index (χ3v) is 29.5. The van der Waals surface area contributed by atoms with Crippen molar-refractivity contribution in [3.63, 3.8) is 0 Å². The molecule has 0 unspecified atom stereocenters. The zero-order valence-corrected chi connectivity index (χ0v) is 58.8. The molecule has 0 spiro atoms. The Hall–Kier alpha value is 0.600. The van der Waals surface area contributed by atoms with Crippen LogP contribution in [0.4, 0.5) is 0 Å². The minimum absolute atomic E-state index is 0.896. The van der Waals surface area contributed by atoms with Crippen LogP contribution in [0, 0.1) is 0 Å². The van der Waals surface area contributed by atoms with E-state index >= 15 is 0 Å². The molecule has 0 radical (unpaired) electrons. The zero-order chi connectivity index (χ0) is 58.1. The standard InChI is InChI=1S/C64H144N12P4/c1-9-17-25-33-41-49-57-65-77(66-58-50-42-34-26-18-10-2)73-78(67-59-51-43-35-27-19-11-3,68-60-52-44-36-28-20-12-4)75-80(71-63-55-47-39-31-23-15-7,72-64-56-48-40-32-24-16-8)76-79(74-77,69-61-53-45-37-29-21-13-5)70-62-54-46-38-30-22-14-6/h65-72H,9-64H2,1-8H3. The lowest BCUT2D eigenvalue weighted by atomic mass is 10.1. The molecule has 0 amide bonds. The van der Waals surface area contributed by atoms with Crippen LogP contribution in [0.3, 0.4) is 0 Å². The van der Waals surface area contributed by atoms with E-state index in [1.54, 1.807) is 0 Å². The molecule has 8 N–H and O–H groups in total. The molecule has 0 aromatic rings. The minimum Gasteiger partial charge on any atom is -0.253 e. The molecule has 1 heterocycles. The molecule has 80 heavy (non-hydrogen) atoms. The highest BCUT2D eigenvalue weighted by Crippen LogP contribution is 2.71. The second-order valence-corrected chi connectivity index (χ2v) is 34.4. The van der Waals surface area contributed by atoms with Gasteiger partial charge in [-0.15, -0.1) is 0 Å². The number of hydrogen-bond donors (Lipinski definition) is 8. The Bertz CT molecular complexity index is 1230. The Balaban J connectivity index is 4.57. The smallest absolute Gasteiger partial charge is 0.215 e. The largest absolute Gasteiger partial charge is 0.253 e. The number of unbranched alkanes of at least 4 members (excludes halogenated alkanes) is 40. The van der Waals surface area contributed by atoms with Crippen molar-refractivity contribution < 1.29 is 0 Å². The molecule has 1 aliphatic rings. The quantitative estimate of drug-likeness (QED) is 0.0222. The van der Waals surface area contributed by atoms with Crippen LogP contribution < -0.4 is 40.7 Å². The van der Waals surface area contributed by atoms with Gasteiger partial charge in [0.25, 0.3) is 0 Å². The Morgan fingerprint density at radius 2 is 0.250 bits per heavy atom. The van der Waals surface area contributed by atoms with Crippen molar-refractivity contribution in [2.24, 2.45) is 18.1 Å². The predicted molar refractivity (Wildman–Crippen MR) is 368 cm³/mol. The molecule has 0 bridgehead atoms. The van der Waals surface area contributed by atoms with Gasteiger partial charge in [0.05, 0.1) is 0 Å². The first kappa shape index (κ1) is 78.6. The van der Waals surface area contributed by atoms with E-state index in [1.807, 2.05) is 0 Å². The van der Waals surface area contributed by atoms with E-state index in [9.17, 15) is 0 Å². The van der Waals surface area contributed by atoms with Crippen molar-refractivity contribution in [3.8, 4) is 0 Å². The SMILES string of the molecule is CCCCCCCCNP1(NCCCCCCCC)=NP(NCCCCCCCC)(NCCCCCCCC)=NP(NCCCCCCCC)(NCCCCCCCC)=NP(NCCCCCCCC)(NCCCCCCCC)=N1. The van der Waals surface area contributed by atoms with Crippen molar-refractivity contribution in [2.75, 3.05) is 52.4 Å². The van der Waals surface area contributed by atoms with E-state index in [0.717, 1.165) is 104 Å². The first-order valence-electron chi connectivity index (χ1n) is 35.9. The highest BCUT2D eigenvalue weighted by atomic mass is 31.3. The summed E-state index contributed by atoms with van der Waals surface area (Å²) in [6, 6.07) is 0. The summed E-state index contributed by atoms with van der Waals surface area (Å²) >= 11 is 0. The number of nitrogens with one attached hydrogen (secondary N) is 8. The number of nitrogens with zero attached hydrogens (tertiary/aromatic N) is 4. The van der Waals surface area contributed by atoms with Crippen LogP contribution in [-0.2, 0) is 0 Å². The maximum atomic E-state index is 6.47. The van der Waals surface area contributed by atoms with Crippen LogP contribution in [0.15, 0.2) is 18.1 Å². The molecular formula is C64H144N12P4. The highest BCUT2D eigenvalue weighted by molar-refractivity contribution is 7.84.